The van der Waals surface area contributed by atoms with Crippen molar-refractivity contribution in [3.63, 3.8) is 0 Å². The average molecular weight is 354 g/mol. The van der Waals surface area contributed by atoms with Gasteiger partial charge in [-0.2, -0.15) is 5.10 Å². The molecule has 0 saturated carbocycles. The fraction of sp³-hybridized carbons (Fsp3) is 0.500. The summed E-state index contributed by atoms with van der Waals surface area (Å²) in [6.45, 7) is 4.48. The number of nitrogens with zero attached hydrogens (tertiary/aromatic N) is 4. The number of carbonyl (C=O) groups is 1. The standard InChI is InChI=1S/C20H26N4O2/c1-26-19-5-2-4-16(12-19)13-22-14-17-7-9-21-24(17)18(15-22)8-11-23-10-3-6-20(23)25/h2,4-5,7,9,12,18H,3,6,8,10-11,13-15H2,1H3/t18-/m0/s1. The predicted molar refractivity (Wildman–Crippen MR) is 98.8 cm³/mol. The van der Waals surface area contributed by atoms with Gasteiger partial charge in [0, 0.05) is 45.3 Å². The zero-order valence-corrected chi connectivity index (χ0v) is 15.3. The molecule has 138 valence electrons. The highest BCUT2D eigenvalue weighted by atomic mass is 16.5. The van der Waals surface area contributed by atoms with E-state index in [1.807, 2.05) is 23.2 Å². The molecule has 1 aromatic carbocycles. The molecule has 6 heteroatoms. The van der Waals surface area contributed by atoms with Gasteiger partial charge >= 0.3 is 0 Å². The van der Waals surface area contributed by atoms with Crippen LogP contribution < -0.4 is 4.74 Å². The Hall–Kier alpha value is -2.34. The summed E-state index contributed by atoms with van der Waals surface area (Å²) in [6, 6.07) is 10.7. The van der Waals surface area contributed by atoms with Crippen molar-refractivity contribution in [2.45, 2.75) is 38.4 Å². The molecule has 6 nitrogen and oxygen atoms in total. The SMILES string of the molecule is COc1cccc(CN2Cc3ccnn3[C@@H](CCN3CCCC3=O)C2)c1. The van der Waals surface area contributed by atoms with Gasteiger partial charge < -0.3 is 9.64 Å². The summed E-state index contributed by atoms with van der Waals surface area (Å²) in [5.74, 6) is 1.20. The quantitative estimate of drug-likeness (QED) is 0.800. The number of fused-ring (bicyclic) bond motifs is 1. The Labute approximate surface area is 154 Å². The molecular formula is C20H26N4O2. The second-order valence-corrected chi connectivity index (χ2v) is 7.22. The number of hydrogen-bond donors (Lipinski definition) is 0. The van der Waals surface area contributed by atoms with E-state index < -0.39 is 0 Å². The van der Waals surface area contributed by atoms with Gasteiger partial charge in [0.1, 0.15) is 5.75 Å². The molecule has 2 aromatic rings. The minimum absolute atomic E-state index is 0.301. The molecule has 0 radical (unpaired) electrons. The molecule has 1 atom stereocenters. The first-order valence-corrected chi connectivity index (χ1v) is 9.38. The van der Waals surface area contributed by atoms with E-state index in [4.69, 9.17) is 4.74 Å². The molecule has 26 heavy (non-hydrogen) atoms. The second-order valence-electron chi connectivity index (χ2n) is 7.22. The van der Waals surface area contributed by atoms with E-state index in [1.54, 1.807) is 7.11 Å². The molecule has 1 fully saturated rings. The van der Waals surface area contributed by atoms with Crippen molar-refractivity contribution in [3.8, 4) is 5.75 Å². The summed E-state index contributed by atoms with van der Waals surface area (Å²) in [4.78, 5) is 16.4. The van der Waals surface area contributed by atoms with Crippen molar-refractivity contribution < 1.29 is 9.53 Å². The lowest BCUT2D eigenvalue weighted by Crippen LogP contribution is -2.39. The Bertz CT molecular complexity index is 773. The van der Waals surface area contributed by atoms with Crippen LogP contribution in [0.1, 0.15) is 36.6 Å². The van der Waals surface area contributed by atoms with Gasteiger partial charge in [-0.25, -0.2) is 0 Å². The van der Waals surface area contributed by atoms with Crippen molar-refractivity contribution in [2.75, 3.05) is 26.7 Å². The molecule has 0 bridgehead atoms. The third-order valence-corrected chi connectivity index (χ3v) is 5.40. The van der Waals surface area contributed by atoms with Crippen LogP contribution in [0.5, 0.6) is 5.75 Å². The van der Waals surface area contributed by atoms with Crippen molar-refractivity contribution in [1.29, 1.82) is 0 Å². The summed E-state index contributed by atoms with van der Waals surface area (Å²) in [6.07, 6.45) is 4.55. The van der Waals surface area contributed by atoms with Crippen LogP contribution in [0.3, 0.4) is 0 Å². The Balaban J connectivity index is 1.44. The minimum atomic E-state index is 0.301. The van der Waals surface area contributed by atoms with Gasteiger partial charge in [-0.1, -0.05) is 12.1 Å². The summed E-state index contributed by atoms with van der Waals surface area (Å²) in [5, 5.41) is 4.54. The van der Waals surface area contributed by atoms with Crippen molar-refractivity contribution >= 4 is 5.91 Å². The van der Waals surface area contributed by atoms with E-state index in [2.05, 4.69) is 32.9 Å². The number of benzene rings is 1. The molecule has 0 spiro atoms. The van der Waals surface area contributed by atoms with E-state index in [-0.39, 0.29) is 0 Å². The maximum absolute atomic E-state index is 11.9. The zero-order valence-electron chi connectivity index (χ0n) is 15.3. The van der Waals surface area contributed by atoms with Gasteiger partial charge in [0.15, 0.2) is 0 Å². The van der Waals surface area contributed by atoms with Crippen LogP contribution in [0.15, 0.2) is 36.5 Å². The van der Waals surface area contributed by atoms with E-state index in [0.29, 0.717) is 18.4 Å². The van der Waals surface area contributed by atoms with Crippen LogP contribution in [0, 0.1) is 0 Å². The Morgan fingerprint density at radius 1 is 1.31 bits per heavy atom. The normalized spacial score (nSPS) is 20.4. The zero-order chi connectivity index (χ0) is 17.9. The van der Waals surface area contributed by atoms with Gasteiger partial charge in [-0.15, -0.1) is 0 Å². The third kappa shape index (κ3) is 3.60. The van der Waals surface area contributed by atoms with Crippen molar-refractivity contribution in [1.82, 2.24) is 19.6 Å². The van der Waals surface area contributed by atoms with E-state index in [1.165, 1.54) is 11.3 Å². The molecule has 1 saturated heterocycles. The third-order valence-electron chi connectivity index (χ3n) is 5.40. The van der Waals surface area contributed by atoms with Gasteiger partial charge in [0.05, 0.1) is 18.8 Å². The monoisotopic (exact) mass is 354 g/mol. The lowest BCUT2D eigenvalue weighted by molar-refractivity contribution is -0.127. The number of methoxy groups -OCH3 is 1. The van der Waals surface area contributed by atoms with Crippen LogP contribution in [0.4, 0.5) is 0 Å². The molecule has 2 aliphatic rings. The first-order chi connectivity index (χ1) is 12.7. The Kier molecular flexibility index (Phi) is 4.93. The number of hydrogen-bond acceptors (Lipinski definition) is 4. The number of rotatable bonds is 6. The Morgan fingerprint density at radius 2 is 2.23 bits per heavy atom. The molecule has 0 unspecified atom stereocenters. The van der Waals surface area contributed by atoms with Crippen molar-refractivity contribution in [2.24, 2.45) is 0 Å². The van der Waals surface area contributed by atoms with Gasteiger partial charge in [-0.3, -0.25) is 14.4 Å². The number of amides is 1. The first kappa shape index (κ1) is 17.1. The molecule has 0 N–H and O–H groups in total. The van der Waals surface area contributed by atoms with E-state index >= 15 is 0 Å². The topological polar surface area (TPSA) is 50.6 Å². The minimum Gasteiger partial charge on any atom is -0.497 e. The second kappa shape index (κ2) is 7.50. The molecule has 3 heterocycles. The molecule has 4 rings (SSSR count). The largest absolute Gasteiger partial charge is 0.497 e. The molecule has 0 aliphatic carbocycles. The Morgan fingerprint density at radius 3 is 3.04 bits per heavy atom. The van der Waals surface area contributed by atoms with Gasteiger partial charge in [0.25, 0.3) is 0 Å². The summed E-state index contributed by atoms with van der Waals surface area (Å²) in [5.41, 5.74) is 2.50. The number of aromatic nitrogens is 2. The van der Waals surface area contributed by atoms with Crippen LogP contribution in [0.2, 0.25) is 0 Å². The van der Waals surface area contributed by atoms with E-state index in [9.17, 15) is 4.79 Å². The van der Waals surface area contributed by atoms with Gasteiger partial charge in [0.2, 0.25) is 5.91 Å². The van der Waals surface area contributed by atoms with Crippen LogP contribution in [-0.2, 0) is 17.9 Å². The number of carbonyl (C=O) groups excluding carboxylic acids is 1. The fourth-order valence-electron chi connectivity index (χ4n) is 4.07. The van der Waals surface area contributed by atoms with Crippen LogP contribution in [0.25, 0.3) is 0 Å². The predicted octanol–water partition coefficient (Wildman–Crippen LogP) is 2.46. The number of ether oxygens (including phenoxy) is 1. The van der Waals surface area contributed by atoms with Crippen LogP contribution >= 0.6 is 0 Å². The molecular weight excluding hydrogens is 328 g/mol. The highest BCUT2D eigenvalue weighted by Crippen LogP contribution is 2.26. The fourth-order valence-corrected chi connectivity index (χ4v) is 4.07. The molecule has 1 aromatic heterocycles. The maximum atomic E-state index is 11.9. The van der Waals surface area contributed by atoms with Crippen molar-refractivity contribution in [3.05, 3.63) is 47.8 Å². The highest BCUT2D eigenvalue weighted by molar-refractivity contribution is 5.78. The van der Waals surface area contributed by atoms with E-state index in [0.717, 1.165) is 51.3 Å². The summed E-state index contributed by atoms with van der Waals surface area (Å²) in [7, 11) is 1.70. The lowest BCUT2D eigenvalue weighted by atomic mass is 10.1. The molecule has 2 aliphatic heterocycles. The first-order valence-electron chi connectivity index (χ1n) is 9.38. The van der Waals surface area contributed by atoms with Crippen LogP contribution in [-0.4, -0.2) is 52.2 Å². The summed E-state index contributed by atoms with van der Waals surface area (Å²) < 4.78 is 7.50. The van der Waals surface area contributed by atoms with Gasteiger partial charge in [-0.05, 0) is 36.6 Å². The highest BCUT2D eigenvalue weighted by Gasteiger charge is 2.27. The lowest BCUT2D eigenvalue weighted by Gasteiger charge is -2.34. The number of likely N-dealkylation sites (tertiary alicyclic amines) is 1. The smallest absolute Gasteiger partial charge is 0.222 e. The average Bonchev–Trinajstić information content (AvgIpc) is 3.28. The maximum Gasteiger partial charge on any atom is 0.222 e. The molecule has 1 amide bonds. The summed E-state index contributed by atoms with van der Waals surface area (Å²) >= 11 is 0.